The van der Waals surface area contributed by atoms with Crippen LogP contribution in [0, 0.1) is 20.8 Å². The number of aryl methyl sites for hydroxylation is 5. The van der Waals surface area contributed by atoms with E-state index in [0.29, 0.717) is 47.8 Å². The molecule has 0 radical (unpaired) electrons. The van der Waals surface area contributed by atoms with Gasteiger partial charge < -0.3 is 22.3 Å². The molecule has 68 heavy (non-hydrogen) atoms. The summed E-state index contributed by atoms with van der Waals surface area (Å²) in [4.78, 5) is 13.7. The summed E-state index contributed by atoms with van der Waals surface area (Å²) in [5, 5.41) is 10.1. The zero-order valence-corrected chi connectivity index (χ0v) is 41.4. The molecule has 0 fully saturated rings. The molecule has 2 aliphatic carbocycles. The van der Waals surface area contributed by atoms with Crippen molar-refractivity contribution in [3.8, 4) is 17.0 Å². The Morgan fingerprint density at radius 3 is 2.03 bits per heavy atom. The van der Waals surface area contributed by atoms with Crippen molar-refractivity contribution in [1.29, 1.82) is 0 Å². The minimum atomic E-state index is -4.37. The number of esters is 1. The molecule has 4 aliphatic rings. The Morgan fingerprint density at radius 1 is 0.691 bits per heavy atom. The van der Waals surface area contributed by atoms with E-state index >= 15 is 8.63 Å². The van der Waals surface area contributed by atoms with Crippen LogP contribution in [0.1, 0.15) is 82.0 Å². The normalized spacial score (nSPS) is 15.9. The van der Waals surface area contributed by atoms with Gasteiger partial charge in [0.05, 0.1) is 5.57 Å². The van der Waals surface area contributed by atoms with Crippen molar-refractivity contribution in [2.24, 2.45) is 0 Å². The molecule has 9 heteroatoms. The van der Waals surface area contributed by atoms with Crippen LogP contribution >= 0.6 is 31.9 Å². The van der Waals surface area contributed by atoms with Crippen LogP contribution < -0.4 is 4.74 Å². The number of rotatable bonds is 6. The second kappa shape index (κ2) is 15.2. The lowest BCUT2D eigenvalue weighted by molar-refractivity contribution is -0.362. The van der Waals surface area contributed by atoms with Crippen LogP contribution in [0.4, 0.5) is 8.63 Å². The van der Waals surface area contributed by atoms with Crippen LogP contribution in [0.2, 0.25) is 0 Å². The quantitative estimate of drug-likeness (QED) is 0.0547. The molecule has 8 aromatic carbocycles. The molecule has 3 heterocycles. The van der Waals surface area contributed by atoms with Gasteiger partial charge in [-0.2, -0.15) is 0 Å². The van der Waals surface area contributed by atoms with Crippen molar-refractivity contribution in [2.75, 3.05) is 0 Å². The van der Waals surface area contributed by atoms with E-state index in [-0.39, 0.29) is 12.4 Å². The number of halogens is 4. The summed E-state index contributed by atoms with van der Waals surface area (Å²) in [5.41, 5.74) is 14.6. The number of fused-ring (bicyclic) bond motifs is 11. The number of ether oxygens (including phenoxy) is 1. The van der Waals surface area contributed by atoms with E-state index < -0.39 is 6.97 Å². The second-order valence-electron chi connectivity index (χ2n) is 19.4. The van der Waals surface area contributed by atoms with Crippen LogP contribution in [-0.4, -0.2) is 27.6 Å². The molecule has 334 valence electrons. The summed E-state index contributed by atoms with van der Waals surface area (Å²) in [5.74, 6) is 0.170. The maximum atomic E-state index is 18.4. The number of allylic oxidation sites excluding steroid dienone is 2. The van der Waals surface area contributed by atoms with Crippen molar-refractivity contribution in [3.63, 3.8) is 0 Å². The molecule has 0 N–H and O–H groups in total. The average molecular weight is 1020 g/mol. The molecule has 0 saturated heterocycles. The number of hydrogen-bond donors (Lipinski definition) is 0. The number of carbonyl (C=O) groups is 1. The third kappa shape index (κ3) is 5.94. The van der Waals surface area contributed by atoms with Crippen molar-refractivity contribution < 1.29 is 22.6 Å². The van der Waals surface area contributed by atoms with E-state index in [2.05, 4.69) is 111 Å². The lowest BCUT2D eigenvalue weighted by Crippen LogP contribution is -2.52. The number of carbonyl (C=O) groups excluding carboxylic acids is 1. The first-order valence-electron chi connectivity index (χ1n) is 23.7. The SMILES string of the molecule is CC1=C2CCc3cc(Br)ccc3C2=[N+]2C1=C(c1c(C)cc(OC(=O)CCCc3ccc4c5cccc6cccc(c7cccc3c74)c65)cc1C)c1c(C)c3c(n1[B-]2(F)F)-c1ccc(Br)cc1CC3. The van der Waals surface area contributed by atoms with Crippen molar-refractivity contribution in [3.05, 3.63) is 197 Å². The minimum Gasteiger partial charge on any atom is -0.427 e. The van der Waals surface area contributed by atoms with Crippen molar-refractivity contribution in [1.82, 2.24) is 4.48 Å². The topological polar surface area (TPSA) is 34.2 Å². The van der Waals surface area contributed by atoms with Crippen LogP contribution in [0.3, 0.4) is 0 Å². The van der Waals surface area contributed by atoms with E-state index in [1.165, 1.54) is 57.6 Å². The number of benzene rings is 8. The zero-order chi connectivity index (χ0) is 46.5. The Bertz CT molecular complexity index is 3800. The van der Waals surface area contributed by atoms with Gasteiger partial charge in [-0.25, -0.2) is 0 Å². The molecule has 0 unspecified atom stereocenters. The maximum Gasteiger partial charge on any atom is 0.737 e. The lowest BCUT2D eigenvalue weighted by atomic mass is 9.81. The zero-order valence-electron chi connectivity index (χ0n) is 38.2. The average Bonchev–Trinajstić information content (AvgIpc) is 3.80. The fourth-order valence-electron chi connectivity index (χ4n) is 12.8. The highest BCUT2D eigenvalue weighted by atomic mass is 79.9. The van der Waals surface area contributed by atoms with E-state index in [0.717, 1.165) is 95.0 Å². The fourth-order valence-corrected chi connectivity index (χ4v) is 13.7. The first kappa shape index (κ1) is 42.0. The van der Waals surface area contributed by atoms with E-state index in [9.17, 15) is 4.79 Å². The highest BCUT2D eigenvalue weighted by Crippen LogP contribution is 2.53. The van der Waals surface area contributed by atoms with Gasteiger partial charge in [-0.1, -0.05) is 105 Å². The molecule has 1 aromatic heterocycles. The third-order valence-electron chi connectivity index (χ3n) is 15.6. The van der Waals surface area contributed by atoms with Gasteiger partial charge in [-0.3, -0.25) is 4.79 Å². The second-order valence-corrected chi connectivity index (χ2v) is 21.2. The largest absolute Gasteiger partial charge is 0.737 e. The molecule has 9 aromatic rings. The van der Waals surface area contributed by atoms with Crippen LogP contribution in [0.25, 0.3) is 59.9 Å². The van der Waals surface area contributed by atoms with E-state index in [1.807, 2.05) is 64.1 Å². The fraction of sp³-hybridized carbons (Fsp3) is 0.186. The smallest absolute Gasteiger partial charge is 0.427 e. The van der Waals surface area contributed by atoms with Gasteiger partial charge in [-0.15, -0.1) is 0 Å². The van der Waals surface area contributed by atoms with Gasteiger partial charge in [0.1, 0.15) is 5.75 Å². The van der Waals surface area contributed by atoms with Gasteiger partial charge in [0.25, 0.3) is 0 Å². The van der Waals surface area contributed by atoms with Gasteiger partial charge in [-0.05, 0) is 202 Å². The number of aromatic nitrogens is 1. The van der Waals surface area contributed by atoms with E-state index in [4.69, 9.17) is 4.74 Å². The molecule has 13 rings (SSSR count). The number of hydrogen-bond acceptors (Lipinski definition) is 2. The van der Waals surface area contributed by atoms with Gasteiger partial charge >= 0.3 is 12.9 Å². The molecule has 0 saturated carbocycles. The molecule has 0 atom stereocenters. The molecule has 0 spiro atoms. The molecular formula is C59H45BBr2F2N2O2. The highest BCUT2D eigenvalue weighted by molar-refractivity contribution is 9.10. The lowest BCUT2D eigenvalue weighted by Gasteiger charge is -2.36. The molecule has 2 aliphatic heterocycles. The Hall–Kier alpha value is -6.16. The summed E-state index contributed by atoms with van der Waals surface area (Å²) in [6.45, 7) is 3.74. The van der Waals surface area contributed by atoms with E-state index in [1.54, 1.807) is 0 Å². The van der Waals surface area contributed by atoms with Crippen molar-refractivity contribution in [2.45, 2.75) is 72.6 Å². The summed E-state index contributed by atoms with van der Waals surface area (Å²) in [6, 6.07) is 40.1. The molecule has 0 amide bonds. The van der Waals surface area contributed by atoms with Gasteiger partial charge in [0.15, 0.2) is 11.4 Å². The van der Waals surface area contributed by atoms with Crippen LogP contribution in [-0.2, 0) is 30.5 Å². The summed E-state index contributed by atoms with van der Waals surface area (Å²) < 4.78 is 47.6. The Kier molecular flexibility index (Phi) is 9.37. The molecular weight excluding hydrogens is 977 g/mol. The first-order valence-corrected chi connectivity index (χ1v) is 25.3. The predicted molar refractivity (Wildman–Crippen MR) is 281 cm³/mol. The van der Waals surface area contributed by atoms with Gasteiger partial charge in [0.2, 0.25) is 0 Å². The van der Waals surface area contributed by atoms with Crippen LogP contribution in [0.5, 0.6) is 5.75 Å². The number of nitrogens with zero attached hydrogens (tertiary/aromatic N) is 2. The van der Waals surface area contributed by atoms with Crippen LogP contribution in [0.15, 0.2) is 141 Å². The monoisotopic (exact) mass is 1020 g/mol. The Labute approximate surface area is 410 Å². The van der Waals surface area contributed by atoms with Gasteiger partial charge in [0, 0.05) is 43.5 Å². The summed E-state index contributed by atoms with van der Waals surface area (Å²) in [6.07, 6.45) is 4.52. The first-order chi connectivity index (χ1) is 32.9. The summed E-state index contributed by atoms with van der Waals surface area (Å²) >= 11 is 7.29. The molecule has 0 bridgehead atoms. The minimum absolute atomic E-state index is 0.256. The molecule has 4 nitrogen and oxygen atoms in total. The highest BCUT2D eigenvalue weighted by Gasteiger charge is 2.59. The predicted octanol–water partition coefficient (Wildman–Crippen LogP) is 15.5. The standard InChI is InChI=1S/C59H45BBr2F2N2O2/c1-31-27-41(68-51(67)16-7-9-35-17-24-50-48-14-6-11-36-10-5-13-47(53(36)48)49-15-8-12-44(35)54(49)50)28-32(2)52(31)55-56-33(3)42-22-18-37-29-39(61)20-25-45(37)58(42)65(56)60(63,64)66-57(55)34(4)43-23-19-38-30-40(62)21-26-46(38)59(43)66/h5-6,8,10-15,17,20-21,24-30H,7,9,16,18-19,22-23H2,1-4H3. The Balaban J connectivity index is 0.875. The summed E-state index contributed by atoms with van der Waals surface area (Å²) in [7, 11) is 0. The Morgan fingerprint density at radius 2 is 1.31 bits per heavy atom. The third-order valence-corrected chi connectivity index (χ3v) is 16.6. The van der Waals surface area contributed by atoms with Crippen molar-refractivity contribution >= 4 is 99.2 Å². The maximum absolute atomic E-state index is 18.4.